The van der Waals surface area contributed by atoms with Crippen molar-refractivity contribution >= 4 is 17.3 Å². The Morgan fingerprint density at radius 2 is 1.73 bits per heavy atom. The van der Waals surface area contributed by atoms with Crippen LogP contribution in [0.25, 0.3) is 0 Å². The van der Waals surface area contributed by atoms with Gasteiger partial charge in [0.25, 0.3) is 0 Å². The maximum atomic E-state index is 13.0. The maximum absolute atomic E-state index is 13.0. The Morgan fingerprint density at radius 1 is 1.00 bits per heavy atom. The van der Waals surface area contributed by atoms with E-state index in [4.69, 9.17) is 4.74 Å². The molecular weight excluding hydrogens is 331 g/mol. The Bertz CT molecular complexity index is 868. The van der Waals surface area contributed by atoms with Crippen molar-refractivity contribution in [1.29, 1.82) is 0 Å². The fourth-order valence-corrected chi connectivity index (χ4v) is 2.64. The number of halogens is 1. The van der Waals surface area contributed by atoms with Gasteiger partial charge in [0.05, 0.1) is 7.11 Å². The zero-order chi connectivity index (χ0) is 18.4. The first-order valence-electron chi connectivity index (χ1n) is 8.38. The molecule has 0 atom stereocenters. The highest BCUT2D eigenvalue weighted by atomic mass is 19.1. The predicted molar refractivity (Wildman–Crippen MR) is 102 cm³/mol. The summed E-state index contributed by atoms with van der Waals surface area (Å²) in [6.07, 6.45) is 0.813. The van der Waals surface area contributed by atoms with Crippen LogP contribution < -0.4 is 15.4 Å². The summed E-state index contributed by atoms with van der Waals surface area (Å²) in [5.74, 6) is 2.65. The summed E-state index contributed by atoms with van der Waals surface area (Å²) < 4.78 is 18.4. The van der Waals surface area contributed by atoms with Crippen LogP contribution in [0.15, 0.2) is 54.6 Å². The van der Waals surface area contributed by atoms with E-state index in [1.165, 1.54) is 12.1 Å². The number of hydrogen-bond acceptors (Lipinski definition) is 5. The van der Waals surface area contributed by atoms with Crippen molar-refractivity contribution in [3.05, 3.63) is 71.8 Å². The highest BCUT2D eigenvalue weighted by Crippen LogP contribution is 2.20. The summed E-state index contributed by atoms with van der Waals surface area (Å²) in [4.78, 5) is 8.78. The molecule has 0 aliphatic heterocycles. The molecule has 0 aliphatic rings. The summed E-state index contributed by atoms with van der Waals surface area (Å²) in [5.41, 5.74) is 1.91. The molecule has 0 fully saturated rings. The summed E-state index contributed by atoms with van der Waals surface area (Å²) in [5, 5.41) is 6.47. The van der Waals surface area contributed by atoms with Crippen LogP contribution in [0.3, 0.4) is 0 Å². The molecule has 0 unspecified atom stereocenters. The fourth-order valence-electron chi connectivity index (χ4n) is 2.64. The number of aromatic nitrogens is 2. The number of aryl methyl sites for hydroxylation is 1. The van der Waals surface area contributed by atoms with Gasteiger partial charge in [-0.2, -0.15) is 0 Å². The monoisotopic (exact) mass is 352 g/mol. The molecule has 2 N–H and O–H groups in total. The zero-order valence-corrected chi connectivity index (χ0v) is 14.8. The number of nitrogens with zero attached hydrogens (tertiary/aromatic N) is 2. The quantitative estimate of drug-likeness (QED) is 0.663. The Hall–Kier alpha value is -3.15. The normalized spacial score (nSPS) is 10.4. The van der Waals surface area contributed by atoms with Gasteiger partial charge in [0.2, 0.25) is 0 Å². The summed E-state index contributed by atoms with van der Waals surface area (Å²) in [6.45, 7) is 2.55. The minimum Gasteiger partial charge on any atom is -0.496 e. The Labute approximate surface area is 152 Å². The van der Waals surface area contributed by atoms with Crippen LogP contribution in [-0.4, -0.2) is 23.6 Å². The molecule has 3 aromatic rings. The topological polar surface area (TPSA) is 59.1 Å². The number of anilines is 3. The average Bonchev–Trinajstić information content (AvgIpc) is 2.64. The lowest BCUT2D eigenvalue weighted by molar-refractivity contribution is 0.410. The van der Waals surface area contributed by atoms with E-state index < -0.39 is 0 Å². The first-order chi connectivity index (χ1) is 12.6. The van der Waals surface area contributed by atoms with E-state index in [1.807, 2.05) is 37.3 Å². The molecule has 0 aliphatic carbocycles. The van der Waals surface area contributed by atoms with Crippen molar-refractivity contribution in [2.75, 3.05) is 24.3 Å². The second-order valence-corrected chi connectivity index (χ2v) is 5.81. The van der Waals surface area contributed by atoms with E-state index in [2.05, 4.69) is 20.6 Å². The van der Waals surface area contributed by atoms with Gasteiger partial charge in [-0.15, -0.1) is 0 Å². The van der Waals surface area contributed by atoms with Crippen LogP contribution in [0.2, 0.25) is 0 Å². The summed E-state index contributed by atoms with van der Waals surface area (Å²) in [6, 6.07) is 15.9. The highest BCUT2D eigenvalue weighted by molar-refractivity contribution is 5.59. The molecule has 3 rings (SSSR count). The summed E-state index contributed by atoms with van der Waals surface area (Å²) >= 11 is 0. The van der Waals surface area contributed by atoms with Crippen molar-refractivity contribution in [1.82, 2.24) is 9.97 Å². The van der Waals surface area contributed by atoms with Gasteiger partial charge >= 0.3 is 0 Å². The second kappa shape index (κ2) is 8.29. The maximum Gasteiger partial charge on any atom is 0.136 e. The van der Waals surface area contributed by atoms with Crippen molar-refractivity contribution in [2.24, 2.45) is 0 Å². The van der Waals surface area contributed by atoms with Crippen LogP contribution >= 0.6 is 0 Å². The number of hydrogen-bond donors (Lipinski definition) is 2. The minimum absolute atomic E-state index is 0.270. The van der Waals surface area contributed by atoms with E-state index >= 15 is 0 Å². The Balaban J connectivity index is 1.65. The fraction of sp³-hybridized carbons (Fsp3) is 0.200. The van der Waals surface area contributed by atoms with Gasteiger partial charge in [0.1, 0.15) is 29.0 Å². The van der Waals surface area contributed by atoms with Crippen LogP contribution in [-0.2, 0) is 6.42 Å². The molecule has 0 saturated carbocycles. The van der Waals surface area contributed by atoms with Crippen LogP contribution in [0.4, 0.5) is 21.7 Å². The van der Waals surface area contributed by atoms with Gasteiger partial charge in [0, 0.05) is 18.3 Å². The first-order valence-corrected chi connectivity index (χ1v) is 8.38. The molecule has 0 radical (unpaired) electrons. The number of methoxy groups -OCH3 is 1. The van der Waals surface area contributed by atoms with E-state index in [0.29, 0.717) is 18.2 Å². The van der Waals surface area contributed by atoms with E-state index in [1.54, 1.807) is 19.2 Å². The van der Waals surface area contributed by atoms with Crippen LogP contribution in [0.1, 0.15) is 11.4 Å². The largest absolute Gasteiger partial charge is 0.496 e. The highest BCUT2D eigenvalue weighted by Gasteiger charge is 2.05. The van der Waals surface area contributed by atoms with Crippen molar-refractivity contribution in [3.63, 3.8) is 0 Å². The first kappa shape index (κ1) is 17.7. The lowest BCUT2D eigenvalue weighted by atomic mass is 10.1. The van der Waals surface area contributed by atoms with Crippen LogP contribution in [0.5, 0.6) is 5.75 Å². The number of ether oxygens (including phenoxy) is 1. The Kier molecular flexibility index (Phi) is 5.63. The molecule has 0 bridgehead atoms. The molecule has 1 heterocycles. The van der Waals surface area contributed by atoms with Gasteiger partial charge in [-0.1, -0.05) is 18.2 Å². The SMILES string of the molecule is COc1ccccc1CCNc1cc(Nc2ccc(F)cc2)nc(C)n1. The third-order valence-electron chi connectivity index (χ3n) is 3.85. The molecule has 26 heavy (non-hydrogen) atoms. The van der Waals surface area contributed by atoms with Gasteiger partial charge < -0.3 is 15.4 Å². The average molecular weight is 352 g/mol. The molecule has 2 aromatic carbocycles. The van der Waals surface area contributed by atoms with Gasteiger partial charge in [0.15, 0.2) is 0 Å². The number of para-hydroxylation sites is 1. The molecular formula is C20H21FN4O. The number of nitrogens with one attached hydrogen (secondary N) is 2. The lowest BCUT2D eigenvalue weighted by Crippen LogP contribution is -2.09. The van der Waals surface area contributed by atoms with E-state index in [9.17, 15) is 4.39 Å². The van der Waals surface area contributed by atoms with Gasteiger partial charge in [-0.05, 0) is 49.2 Å². The predicted octanol–water partition coefficient (Wildman–Crippen LogP) is 4.33. The van der Waals surface area contributed by atoms with Crippen molar-refractivity contribution < 1.29 is 9.13 Å². The van der Waals surface area contributed by atoms with Gasteiger partial charge in [-0.3, -0.25) is 0 Å². The van der Waals surface area contributed by atoms with Crippen molar-refractivity contribution in [3.8, 4) is 5.75 Å². The Morgan fingerprint density at radius 3 is 2.50 bits per heavy atom. The third kappa shape index (κ3) is 4.69. The van der Waals surface area contributed by atoms with Crippen LogP contribution in [0, 0.1) is 12.7 Å². The molecule has 0 saturated heterocycles. The standard InChI is InChI=1S/C20H21FN4O/c1-14-23-19(22-12-11-15-5-3-4-6-18(15)26-2)13-20(24-14)25-17-9-7-16(21)8-10-17/h3-10,13H,11-12H2,1-2H3,(H2,22,23,24,25). The van der Waals surface area contributed by atoms with Crippen molar-refractivity contribution in [2.45, 2.75) is 13.3 Å². The number of benzene rings is 2. The molecule has 0 spiro atoms. The molecule has 5 nitrogen and oxygen atoms in total. The van der Waals surface area contributed by atoms with Gasteiger partial charge in [-0.25, -0.2) is 14.4 Å². The molecule has 6 heteroatoms. The number of rotatable bonds is 7. The third-order valence-corrected chi connectivity index (χ3v) is 3.85. The minimum atomic E-state index is -0.270. The van der Waals surface area contributed by atoms with E-state index in [0.717, 1.165) is 29.2 Å². The zero-order valence-electron chi connectivity index (χ0n) is 14.8. The molecule has 1 aromatic heterocycles. The second-order valence-electron chi connectivity index (χ2n) is 5.81. The summed E-state index contributed by atoms with van der Waals surface area (Å²) in [7, 11) is 1.67. The smallest absolute Gasteiger partial charge is 0.136 e. The molecule has 134 valence electrons. The molecule has 0 amide bonds. The van der Waals surface area contributed by atoms with E-state index in [-0.39, 0.29) is 5.82 Å². The lowest BCUT2D eigenvalue weighted by Gasteiger charge is -2.11.